The quantitative estimate of drug-likeness (QED) is 0.341. The van der Waals surface area contributed by atoms with Crippen LogP contribution in [0.15, 0.2) is 18.2 Å². The fourth-order valence-corrected chi connectivity index (χ4v) is 2.21. The number of benzene rings is 1. The number of halogens is 5. The molecule has 0 aliphatic rings. The van der Waals surface area contributed by atoms with E-state index in [1.54, 1.807) is 0 Å². The van der Waals surface area contributed by atoms with Crippen LogP contribution in [0.25, 0.3) is 0 Å². The first-order valence-electron chi connectivity index (χ1n) is 4.66. The van der Waals surface area contributed by atoms with E-state index in [0.717, 1.165) is 0 Å². The molecule has 1 aromatic carbocycles. The van der Waals surface area contributed by atoms with E-state index in [1.165, 1.54) is 0 Å². The maximum Gasteiger partial charge on any atom is 1.00 e. The van der Waals surface area contributed by atoms with E-state index in [2.05, 4.69) is 4.18 Å². The zero-order valence-corrected chi connectivity index (χ0v) is 15.0. The van der Waals surface area contributed by atoms with Gasteiger partial charge in [0.15, 0.2) is 0 Å². The van der Waals surface area contributed by atoms with Gasteiger partial charge in [0.05, 0.1) is 0 Å². The van der Waals surface area contributed by atoms with Gasteiger partial charge in [-0.05, 0) is 17.7 Å². The van der Waals surface area contributed by atoms with Gasteiger partial charge in [-0.3, -0.25) is 0 Å². The van der Waals surface area contributed by atoms with Gasteiger partial charge in [0.2, 0.25) is 0 Å². The van der Waals surface area contributed by atoms with Crippen LogP contribution in [-0.2, 0) is 26.5 Å². The van der Waals surface area contributed by atoms with E-state index >= 15 is 0 Å². The maximum absolute atomic E-state index is 12.5. The first kappa shape index (κ1) is 21.3. The van der Waals surface area contributed by atoms with Crippen molar-refractivity contribution in [1.82, 2.24) is 0 Å². The molecule has 0 N–H and O–H groups in total. The molecule has 0 aliphatic heterocycles. The molecule has 0 radical (unpaired) electrons. The Bertz CT molecular complexity index is 665. The fourth-order valence-electron chi connectivity index (χ4n) is 1.32. The summed E-state index contributed by atoms with van der Waals surface area (Å²) >= 11 is 0. The van der Waals surface area contributed by atoms with Crippen molar-refractivity contribution >= 4 is 33.2 Å². The van der Waals surface area contributed by atoms with Crippen molar-refractivity contribution in [3.63, 3.8) is 0 Å². The molecular formula is C7H5BF5KO5S2. The SMILES string of the molecule is O=S(=O)(F)Cc1cc(OS(=O)(=O)F)cc([B-](F)(F)F)c1.[K+]. The molecule has 0 bridgehead atoms. The average Bonchev–Trinajstić information content (AvgIpc) is 2.09. The second kappa shape index (κ2) is 7.23. The molecule has 114 valence electrons. The minimum atomic E-state index is -5.65. The number of hydrogen-bond acceptors (Lipinski definition) is 5. The van der Waals surface area contributed by atoms with E-state index in [4.69, 9.17) is 0 Å². The van der Waals surface area contributed by atoms with E-state index in [9.17, 15) is 37.6 Å². The Kier molecular flexibility index (Phi) is 7.32. The van der Waals surface area contributed by atoms with Crippen LogP contribution in [-0.4, -0.2) is 23.8 Å². The summed E-state index contributed by atoms with van der Waals surface area (Å²) in [5.41, 5.74) is -2.19. The zero-order valence-electron chi connectivity index (χ0n) is 10.3. The third kappa shape index (κ3) is 8.47. The Morgan fingerprint density at radius 3 is 1.90 bits per heavy atom. The number of rotatable bonds is 5. The monoisotopic (exact) mass is 378 g/mol. The van der Waals surface area contributed by atoms with Crippen molar-refractivity contribution < 1.29 is 93.1 Å². The van der Waals surface area contributed by atoms with Crippen LogP contribution < -0.4 is 61.0 Å². The van der Waals surface area contributed by atoms with E-state index in [-0.39, 0.29) is 57.5 Å². The predicted octanol–water partition coefficient (Wildman–Crippen LogP) is -1.86. The second-order valence-electron chi connectivity index (χ2n) is 3.64. The van der Waals surface area contributed by atoms with Crippen molar-refractivity contribution in [3.8, 4) is 5.75 Å². The first-order valence-corrected chi connectivity index (χ1v) is 7.52. The molecule has 14 heteroatoms. The smallest absolute Gasteiger partial charge is 0.445 e. The molecule has 0 spiro atoms. The first-order chi connectivity index (χ1) is 8.76. The molecule has 0 saturated heterocycles. The summed E-state index contributed by atoms with van der Waals surface area (Å²) < 4.78 is 107. The Balaban J connectivity index is 0.00000400. The normalized spacial score (nSPS) is 12.6. The summed E-state index contributed by atoms with van der Waals surface area (Å²) in [6.07, 6.45) is 0. The summed E-state index contributed by atoms with van der Waals surface area (Å²) in [6.45, 7) is -5.65. The molecule has 0 aliphatic carbocycles. The van der Waals surface area contributed by atoms with Crippen molar-refractivity contribution in [2.75, 3.05) is 0 Å². The molecule has 1 rings (SSSR count). The van der Waals surface area contributed by atoms with Crippen LogP contribution in [0.2, 0.25) is 0 Å². The van der Waals surface area contributed by atoms with Crippen LogP contribution >= 0.6 is 0 Å². The van der Waals surface area contributed by atoms with Gasteiger partial charge in [-0.1, -0.05) is 9.95 Å². The van der Waals surface area contributed by atoms with E-state index < -0.39 is 50.2 Å². The van der Waals surface area contributed by atoms with Crippen LogP contribution in [0.1, 0.15) is 5.56 Å². The summed E-state index contributed by atoms with van der Waals surface area (Å²) in [5.74, 6) is -2.54. The molecule has 1 aromatic rings. The molecule has 0 saturated carbocycles. The molecule has 0 fully saturated rings. The van der Waals surface area contributed by atoms with Gasteiger partial charge in [0.1, 0.15) is 11.5 Å². The predicted molar refractivity (Wildman–Crippen MR) is 59.5 cm³/mol. The molecule has 0 atom stereocenters. The Morgan fingerprint density at radius 2 is 1.52 bits per heavy atom. The van der Waals surface area contributed by atoms with Gasteiger partial charge >= 0.3 is 79.1 Å². The summed E-state index contributed by atoms with van der Waals surface area (Å²) in [6, 6.07) is 0.930. The minimum Gasteiger partial charge on any atom is -0.445 e. The van der Waals surface area contributed by atoms with Crippen molar-refractivity contribution in [2.45, 2.75) is 5.75 Å². The molecule has 21 heavy (non-hydrogen) atoms. The summed E-state index contributed by atoms with van der Waals surface area (Å²) in [5, 5.41) is 0. The third-order valence-corrected chi connectivity index (χ3v) is 2.97. The minimum absolute atomic E-state index is 0. The second-order valence-corrected chi connectivity index (χ2v) is 5.96. The van der Waals surface area contributed by atoms with Gasteiger partial charge in [0.25, 0.3) is 0 Å². The van der Waals surface area contributed by atoms with Crippen LogP contribution in [0.3, 0.4) is 0 Å². The fraction of sp³-hybridized carbons (Fsp3) is 0.143. The molecule has 5 nitrogen and oxygen atoms in total. The van der Waals surface area contributed by atoms with Gasteiger partial charge in [0, 0.05) is 0 Å². The van der Waals surface area contributed by atoms with Crippen LogP contribution in [0.4, 0.5) is 20.7 Å². The zero-order chi connectivity index (χ0) is 15.8. The molecule has 0 amide bonds. The Labute approximate surface area is 160 Å². The maximum atomic E-state index is 12.5. The van der Waals surface area contributed by atoms with Gasteiger partial charge in [-0.25, -0.2) is 0 Å². The van der Waals surface area contributed by atoms with Gasteiger partial charge < -0.3 is 17.1 Å². The summed E-state index contributed by atoms with van der Waals surface area (Å²) in [7, 11) is -10.8. The molecule has 0 heterocycles. The molecule has 0 unspecified atom stereocenters. The average molecular weight is 378 g/mol. The number of hydrogen-bond donors (Lipinski definition) is 0. The van der Waals surface area contributed by atoms with E-state index in [0.29, 0.717) is 12.1 Å². The topological polar surface area (TPSA) is 77.5 Å². The summed E-state index contributed by atoms with van der Waals surface area (Å²) in [4.78, 5) is 0. The van der Waals surface area contributed by atoms with Gasteiger partial charge in [-0.2, -0.15) is 16.8 Å². The van der Waals surface area contributed by atoms with Crippen LogP contribution in [0.5, 0.6) is 5.75 Å². The molecular weight excluding hydrogens is 373 g/mol. The standard InChI is InChI=1S/C7H5BF5O5S2.K/c9-8(10,11)6-1-5(4-19(12,14)15)2-7(3-6)18-20(13,16)17;/h1-3H,4H2;/q-1;+1. The Hall–Kier alpha value is 0.271. The van der Waals surface area contributed by atoms with Gasteiger partial charge in [-0.15, -0.1) is 9.35 Å². The van der Waals surface area contributed by atoms with E-state index in [1.807, 2.05) is 0 Å². The third-order valence-electron chi connectivity index (χ3n) is 1.90. The molecule has 0 aromatic heterocycles. The largest absolute Gasteiger partial charge is 1.00 e. The van der Waals surface area contributed by atoms with Crippen LogP contribution in [0, 0.1) is 0 Å². The van der Waals surface area contributed by atoms with Crippen molar-refractivity contribution in [2.24, 2.45) is 0 Å². The van der Waals surface area contributed by atoms with Crippen molar-refractivity contribution in [1.29, 1.82) is 0 Å². The Morgan fingerprint density at radius 1 is 1.00 bits per heavy atom. The van der Waals surface area contributed by atoms with Crippen molar-refractivity contribution in [3.05, 3.63) is 23.8 Å².